The van der Waals surface area contributed by atoms with Crippen LogP contribution in [-0.2, 0) is 11.4 Å². The minimum absolute atomic E-state index is 0.0504. The van der Waals surface area contributed by atoms with E-state index in [0.29, 0.717) is 17.1 Å². The van der Waals surface area contributed by atoms with Crippen molar-refractivity contribution in [2.75, 3.05) is 7.11 Å². The molecule has 1 N–H and O–H groups in total. The molecule has 0 spiro atoms. The third kappa shape index (κ3) is 4.26. The average Bonchev–Trinajstić information content (AvgIpc) is 2.55. The zero-order valence-electron chi connectivity index (χ0n) is 13.2. The summed E-state index contributed by atoms with van der Waals surface area (Å²) in [5.74, 6) is -0.627. The van der Waals surface area contributed by atoms with Crippen LogP contribution in [0.1, 0.15) is 18.1 Å². The van der Waals surface area contributed by atoms with Crippen molar-refractivity contribution in [1.29, 1.82) is 0 Å². The summed E-state index contributed by atoms with van der Waals surface area (Å²) in [6.45, 7) is 1.45. The first-order valence-corrected chi connectivity index (χ1v) is 7.45. The molecule has 2 aromatic rings. The number of carboxylic acid groups (broad SMARTS) is 1. The number of halogens is 2. The molecule has 0 radical (unpaired) electrons. The zero-order chi connectivity index (χ0) is 17.7. The molecule has 6 heteroatoms. The van der Waals surface area contributed by atoms with E-state index in [2.05, 4.69) is 0 Å². The summed E-state index contributed by atoms with van der Waals surface area (Å²) in [6.07, 6.45) is 1.52. The number of aliphatic carboxylic acids is 1. The van der Waals surface area contributed by atoms with E-state index in [9.17, 15) is 9.18 Å². The van der Waals surface area contributed by atoms with Gasteiger partial charge in [-0.3, -0.25) is 0 Å². The molecule has 0 aliphatic rings. The largest absolute Gasteiger partial charge is 0.493 e. The Morgan fingerprint density at radius 1 is 1.29 bits per heavy atom. The Morgan fingerprint density at radius 3 is 2.67 bits per heavy atom. The molecule has 2 aromatic carbocycles. The lowest BCUT2D eigenvalue weighted by atomic mass is 10.1. The first-order chi connectivity index (χ1) is 11.4. The van der Waals surface area contributed by atoms with Gasteiger partial charge in [-0.25, -0.2) is 9.18 Å². The maximum atomic E-state index is 13.8. The van der Waals surface area contributed by atoms with Crippen LogP contribution >= 0.6 is 11.6 Å². The van der Waals surface area contributed by atoms with Crippen LogP contribution in [0.5, 0.6) is 11.5 Å². The molecule has 24 heavy (non-hydrogen) atoms. The fraction of sp³-hybridized carbons (Fsp3) is 0.167. The molecule has 0 unspecified atom stereocenters. The lowest BCUT2D eigenvalue weighted by Gasteiger charge is -2.12. The van der Waals surface area contributed by atoms with Gasteiger partial charge < -0.3 is 14.6 Å². The van der Waals surface area contributed by atoms with Gasteiger partial charge >= 0.3 is 5.97 Å². The van der Waals surface area contributed by atoms with Gasteiger partial charge in [-0.1, -0.05) is 23.7 Å². The summed E-state index contributed by atoms with van der Waals surface area (Å²) < 4.78 is 24.6. The van der Waals surface area contributed by atoms with Gasteiger partial charge in [0.05, 0.1) is 12.1 Å². The number of methoxy groups -OCH3 is 1. The molecule has 0 fully saturated rings. The van der Waals surface area contributed by atoms with E-state index in [-0.39, 0.29) is 22.8 Å². The highest BCUT2D eigenvalue weighted by molar-refractivity contribution is 6.31. The first kappa shape index (κ1) is 17.8. The van der Waals surface area contributed by atoms with E-state index in [4.69, 9.17) is 26.2 Å². The van der Waals surface area contributed by atoms with E-state index in [0.717, 1.165) is 0 Å². The summed E-state index contributed by atoms with van der Waals surface area (Å²) in [6, 6.07) is 9.38. The molecule has 0 atom stereocenters. The van der Waals surface area contributed by atoms with Crippen molar-refractivity contribution >= 4 is 23.6 Å². The molecule has 4 nitrogen and oxygen atoms in total. The van der Waals surface area contributed by atoms with E-state index in [1.165, 1.54) is 32.2 Å². The van der Waals surface area contributed by atoms with Crippen LogP contribution in [0.2, 0.25) is 5.02 Å². The molecule has 0 amide bonds. The van der Waals surface area contributed by atoms with Gasteiger partial charge in [-0.05, 0) is 42.8 Å². The van der Waals surface area contributed by atoms with Crippen molar-refractivity contribution in [3.05, 3.63) is 63.9 Å². The third-order valence-electron chi connectivity index (χ3n) is 3.34. The summed E-state index contributed by atoms with van der Waals surface area (Å²) in [5, 5.41) is 9.20. The van der Waals surface area contributed by atoms with Crippen LogP contribution in [0.3, 0.4) is 0 Å². The van der Waals surface area contributed by atoms with Crippen LogP contribution < -0.4 is 9.47 Å². The third-order valence-corrected chi connectivity index (χ3v) is 3.70. The van der Waals surface area contributed by atoms with E-state index in [1.807, 2.05) is 0 Å². The second-order valence-corrected chi connectivity index (χ2v) is 5.44. The zero-order valence-corrected chi connectivity index (χ0v) is 13.9. The standard InChI is InChI=1S/C18H16ClFO4/c1-11(18(21)22)8-12-6-7-16(17(9-12)23-2)24-10-13-14(19)4-3-5-15(13)20/h3-9H,10H2,1-2H3,(H,21,22)/b11-8+. The van der Waals surface area contributed by atoms with Gasteiger partial charge in [0.15, 0.2) is 11.5 Å². The smallest absolute Gasteiger partial charge is 0.331 e. The van der Waals surface area contributed by atoms with Crippen LogP contribution in [0, 0.1) is 5.82 Å². The normalized spacial score (nSPS) is 11.2. The number of carboxylic acids is 1. The maximum Gasteiger partial charge on any atom is 0.331 e. The van der Waals surface area contributed by atoms with E-state index in [1.54, 1.807) is 24.3 Å². The Kier molecular flexibility index (Phi) is 5.82. The molecule has 0 saturated heterocycles. The first-order valence-electron chi connectivity index (χ1n) is 7.07. The molecule has 0 aliphatic heterocycles. The molecular formula is C18H16ClFO4. The monoisotopic (exact) mass is 350 g/mol. The second kappa shape index (κ2) is 7.84. The molecule has 2 rings (SSSR count). The van der Waals surface area contributed by atoms with Crippen LogP contribution in [0.4, 0.5) is 4.39 Å². The van der Waals surface area contributed by atoms with Crippen LogP contribution in [0.15, 0.2) is 42.0 Å². The fourth-order valence-corrected chi connectivity index (χ4v) is 2.24. The van der Waals surface area contributed by atoms with Crippen LogP contribution in [-0.4, -0.2) is 18.2 Å². The van der Waals surface area contributed by atoms with E-state index >= 15 is 0 Å². The lowest BCUT2D eigenvalue weighted by Crippen LogP contribution is -2.01. The molecule has 0 saturated carbocycles. The summed E-state index contributed by atoms with van der Waals surface area (Å²) in [4.78, 5) is 10.9. The Bertz CT molecular complexity index is 766. The van der Waals surface area contributed by atoms with Gasteiger partial charge in [-0.2, -0.15) is 0 Å². The number of ether oxygens (including phenoxy) is 2. The number of hydrogen-bond acceptors (Lipinski definition) is 3. The fourth-order valence-electron chi connectivity index (χ4n) is 2.03. The van der Waals surface area contributed by atoms with Crippen molar-refractivity contribution in [2.45, 2.75) is 13.5 Å². The Morgan fingerprint density at radius 2 is 2.04 bits per heavy atom. The summed E-state index contributed by atoms with van der Waals surface area (Å²) in [5.41, 5.74) is 1.11. The number of hydrogen-bond donors (Lipinski definition) is 1. The highest BCUT2D eigenvalue weighted by atomic mass is 35.5. The number of rotatable bonds is 6. The Hall–Kier alpha value is -2.53. The van der Waals surface area contributed by atoms with Crippen molar-refractivity contribution in [3.8, 4) is 11.5 Å². The molecular weight excluding hydrogens is 335 g/mol. The van der Waals surface area contributed by atoms with E-state index < -0.39 is 11.8 Å². The van der Waals surface area contributed by atoms with Gasteiger partial charge in [0, 0.05) is 11.1 Å². The highest BCUT2D eigenvalue weighted by Crippen LogP contribution is 2.30. The SMILES string of the molecule is COc1cc(/C=C(\C)C(=O)O)ccc1OCc1c(F)cccc1Cl. The molecule has 0 bridgehead atoms. The van der Waals surface area contributed by atoms with Gasteiger partial charge in [-0.15, -0.1) is 0 Å². The minimum Gasteiger partial charge on any atom is -0.493 e. The van der Waals surface area contributed by atoms with Crippen molar-refractivity contribution < 1.29 is 23.8 Å². The van der Waals surface area contributed by atoms with Crippen molar-refractivity contribution in [2.24, 2.45) is 0 Å². The predicted octanol–water partition coefficient (Wildman–Crippen LogP) is 4.55. The molecule has 0 aliphatic carbocycles. The lowest BCUT2D eigenvalue weighted by molar-refractivity contribution is -0.132. The number of carbonyl (C=O) groups is 1. The Balaban J connectivity index is 2.22. The van der Waals surface area contributed by atoms with Crippen LogP contribution in [0.25, 0.3) is 6.08 Å². The minimum atomic E-state index is -0.997. The summed E-state index contributed by atoms with van der Waals surface area (Å²) in [7, 11) is 1.47. The molecule has 126 valence electrons. The van der Waals surface area contributed by atoms with Gasteiger partial charge in [0.1, 0.15) is 12.4 Å². The van der Waals surface area contributed by atoms with Gasteiger partial charge in [0.25, 0.3) is 0 Å². The topological polar surface area (TPSA) is 55.8 Å². The highest BCUT2D eigenvalue weighted by Gasteiger charge is 2.11. The quantitative estimate of drug-likeness (QED) is 0.776. The van der Waals surface area contributed by atoms with Crippen molar-refractivity contribution in [3.63, 3.8) is 0 Å². The molecule has 0 aromatic heterocycles. The maximum absolute atomic E-state index is 13.8. The number of benzene rings is 2. The second-order valence-electron chi connectivity index (χ2n) is 5.03. The van der Waals surface area contributed by atoms with Crippen molar-refractivity contribution in [1.82, 2.24) is 0 Å². The van der Waals surface area contributed by atoms with Gasteiger partial charge in [0.2, 0.25) is 0 Å². The molecule has 0 heterocycles. The Labute approximate surface area is 144 Å². The summed E-state index contributed by atoms with van der Waals surface area (Å²) >= 11 is 5.97. The predicted molar refractivity (Wildman–Crippen MR) is 90.0 cm³/mol. The average molecular weight is 351 g/mol.